The number of aryl methyl sites for hydroxylation is 2. The maximum atomic E-state index is 14.2. The molecule has 5 rings (SSSR count). The van der Waals surface area contributed by atoms with Crippen LogP contribution in [0, 0.1) is 25.2 Å². The van der Waals surface area contributed by atoms with Crippen LogP contribution in [0.5, 0.6) is 0 Å². The molecule has 2 N–H and O–H groups in total. The number of halogens is 4. The van der Waals surface area contributed by atoms with Crippen molar-refractivity contribution in [2.75, 3.05) is 4.90 Å². The third-order valence-electron chi connectivity index (χ3n) is 7.82. The van der Waals surface area contributed by atoms with Gasteiger partial charge in [-0.05, 0) is 72.7 Å². The molecule has 42 heavy (non-hydrogen) atoms. The van der Waals surface area contributed by atoms with Crippen LogP contribution in [0.4, 0.5) is 18.9 Å². The Morgan fingerprint density at radius 3 is 2.48 bits per heavy atom. The molecule has 0 fully saturated rings. The molecular weight excluding hydrogens is 579 g/mol. The molecule has 0 radical (unpaired) electrons. The molecule has 4 nitrogen and oxygen atoms in total. The SMILES string of the molecule is Cc1cc(C)c(C2C(C#N)=C(N)N(c3ccc(Cl)cc3C(F)(F)F)C3=C2C(=O)CCC3)cc1CSCc1ccccc1. The number of hydrogen-bond acceptors (Lipinski definition) is 5. The van der Waals surface area contributed by atoms with Gasteiger partial charge in [0.05, 0.1) is 28.8 Å². The topological polar surface area (TPSA) is 70.1 Å². The van der Waals surface area contributed by atoms with Crippen molar-refractivity contribution in [2.45, 2.75) is 56.7 Å². The first-order valence-corrected chi connectivity index (χ1v) is 15.1. The molecule has 1 heterocycles. The smallest absolute Gasteiger partial charge is 0.384 e. The number of rotatable bonds is 6. The van der Waals surface area contributed by atoms with E-state index in [4.69, 9.17) is 17.3 Å². The van der Waals surface area contributed by atoms with Crippen molar-refractivity contribution in [3.8, 4) is 6.07 Å². The minimum Gasteiger partial charge on any atom is -0.384 e. The highest BCUT2D eigenvalue weighted by molar-refractivity contribution is 7.97. The van der Waals surface area contributed by atoms with Crippen LogP contribution in [-0.4, -0.2) is 5.78 Å². The van der Waals surface area contributed by atoms with E-state index in [1.807, 2.05) is 44.2 Å². The minimum absolute atomic E-state index is 0.0573. The molecule has 1 aliphatic carbocycles. The van der Waals surface area contributed by atoms with Crippen LogP contribution in [-0.2, 0) is 22.5 Å². The van der Waals surface area contributed by atoms with Gasteiger partial charge in [0, 0.05) is 34.2 Å². The molecular formula is C33H29ClF3N3OS. The number of nitriles is 1. The normalized spacial score (nSPS) is 17.4. The van der Waals surface area contributed by atoms with Crippen LogP contribution < -0.4 is 10.6 Å². The maximum Gasteiger partial charge on any atom is 0.418 e. The van der Waals surface area contributed by atoms with Crippen molar-refractivity contribution in [1.29, 1.82) is 5.26 Å². The van der Waals surface area contributed by atoms with Gasteiger partial charge in [0.1, 0.15) is 5.82 Å². The summed E-state index contributed by atoms with van der Waals surface area (Å²) in [4.78, 5) is 14.8. The minimum atomic E-state index is -4.73. The van der Waals surface area contributed by atoms with E-state index in [9.17, 15) is 23.2 Å². The molecule has 0 aromatic heterocycles. The number of hydrogen-bond donors (Lipinski definition) is 1. The number of benzene rings is 3. The van der Waals surface area contributed by atoms with Gasteiger partial charge in [0.25, 0.3) is 0 Å². The van der Waals surface area contributed by atoms with Crippen LogP contribution in [0.15, 0.2) is 83.3 Å². The molecule has 1 atom stereocenters. The predicted octanol–water partition coefficient (Wildman–Crippen LogP) is 8.71. The molecule has 2 aliphatic rings. The summed E-state index contributed by atoms with van der Waals surface area (Å²) in [5, 5.41) is 10.3. The van der Waals surface area contributed by atoms with E-state index in [0.717, 1.165) is 34.1 Å². The quantitative estimate of drug-likeness (QED) is 0.303. The van der Waals surface area contributed by atoms with Crippen LogP contribution in [0.2, 0.25) is 5.02 Å². The van der Waals surface area contributed by atoms with Gasteiger partial charge in [-0.1, -0.05) is 54.1 Å². The third-order valence-corrected chi connectivity index (χ3v) is 9.11. The summed E-state index contributed by atoms with van der Waals surface area (Å²) in [5.41, 5.74) is 11.2. The first-order valence-electron chi connectivity index (χ1n) is 13.6. The number of allylic oxidation sites excluding steroid dienone is 3. The van der Waals surface area contributed by atoms with Gasteiger partial charge in [-0.15, -0.1) is 0 Å². The van der Waals surface area contributed by atoms with Crippen molar-refractivity contribution in [1.82, 2.24) is 0 Å². The number of nitrogens with two attached hydrogens (primary N) is 1. The second-order valence-electron chi connectivity index (χ2n) is 10.6. The first kappa shape index (κ1) is 29.8. The van der Waals surface area contributed by atoms with Crippen LogP contribution in [0.25, 0.3) is 0 Å². The zero-order chi connectivity index (χ0) is 30.2. The molecule has 1 aliphatic heterocycles. The van der Waals surface area contributed by atoms with E-state index in [2.05, 4.69) is 18.2 Å². The number of alkyl halides is 3. The van der Waals surface area contributed by atoms with Gasteiger partial charge in [-0.3, -0.25) is 9.69 Å². The fourth-order valence-electron chi connectivity index (χ4n) is 5.84. The van der Waals surface area contributed by atoms with Crippen molar-refractivity contribution in [3.63, 3.8) is 0 Å². The molecule has 9 heteroatoms. The second kappa shape index (κ2) is 11.9. The number of carbonyl (C=O) groups excluding carboxylic acids is 1. The Morgan fingerprint density at radius 2 is 1.79 bits per heavy atom. The fraction of sp³-hybridized carbons (Fsp3) is 0.273. The lowest BCUT2D eigenvalue weighted by Crippen LogP contribution is -2.39. The Balaban J connectivity index is 1.63. The summed E-state index contributed by atoms with van der Waals surface area (Å²) in [6.45, 7) is 3.96. The summed E-state index contributed by atoms with van der Waals surface area (Å²) in [7, 11) is 0. The summed E-state index contributed by atoms with van der Waals surface area (Å²) >= 11 is 7.71. The van der Waals surface area contributed by atoms with E-state index >= 15 is 0 Å². The number of anilines is 1. The Morgan fingerprint density at radius 1 is 1.05 bits per heavy atom. The molecule has 0 saturated heterocycles. The third kappa shape index (κ3) is 5.68. The van der Waals surface area contributed by atoms with E-state index in [0.29, 0.717) is 29.9 Å². The maximum absolute atomic E-state index is 14.2. The van der Waals surface area contributed by atoms with E-state index < -0.39 is 17.7 Å². The number of nitrogens with zero attached hydrogens (tertiary/aromatic N) is 2. The first-order chi connectivity index (χ1) is 20.0. The Labute approximate surface area is 252 Å². The Hall–Kier alpha value is -3.67. The number of thioether (sulfide) groups is 1. The molecule has 0 saturated carbocycles. The van der Waals surface area contributed by atoms with Gasteiger partial charge in [0.2, 0.25) is 0 Å². The van der Waals surface area contributed by atoms with E-state index in [1.54, 1.807) is 11.8 Å². The lowest BCUT2D eigenvalue weighted by Gasteiger charge is -2.41. The standard InChI is InChI=1S/C33H29ClF3N3OS/c1-19-13-20(2)24(14-22(19)18-42-17-21-7-4-3-5-8-21)30-25(16-38)32(39)40(28-9-6-10-29(41)31(28)30)27-12-11-23(34)15-26(27)33(35,36)37/h3-5,7-8,11-15,30H,6,9-10,17-18,39H2,1-2H3. The Kier molecular flexibility index (Phi) is 8.45. The molecule has 0 amide bonds. The zero-order valence-corrected chi connectivity index (χ0v) is 24.8. The predicted molar refractivity (Wildman–Crippen MR) is 162 cm³/mol. The molecule has 0 bridgehead atoms. The van der Waals surface area contributed by atoms with E-state index in [-0.39, 0.29) is 34.3 Å². The zero-order valence-electron chi connectivity index (χ0n) is 23.2. The monoisotopic (exact) mass is 607 g/mol. The lowest BCUT2D eigenvalue weighted by molar-refractivity contribution is -0.137. The van der Waals surface area contributed by atoms with E-state index in [1.165, 1.54) is 22.6 Å². The highest BCUT2D eigenvalue weighted by Gasteiger charge is 2.43. The molecule has 0 spiro atoms. The summed E-state index contributed by atoms with van der Waals surface area (Å²) in [6.07, 6.45) is -3.66. The fourth-order valence-corrected chi connectivity index (χ4v) is 7.07. The van der Waals surface area contributed by atoms with Crippen LogP contribution in [0.1, 0.15) is 58.6 Å². The van der Waals surface area contributed by atoms with Crippen molar-refractivity contribution >= 4 is 34.8 Å². The summed E-state index contributed by atoms with van der Waals surface area (Å²) in [6, 6.07) is 19.8. The van der Waals surface area contributed by atoms with Gasteiger partial charge in [-0.2, -0.15) is 30.2 Å². The van der Waals surface area contributed by atoms with Crippen LogP contribution >= 0.6 is 23.4 Å². The van der Waals surface area contributed by atoms with Crippen molar-refractivity contribution < 1.29 is 18.0 Å². The molecule has 216 valence electrons. The number of ketones is 1. The number of carbonyl (C=O) groups is 1. The van der Waals surface area contributed by atoms with Crippen molar-refractivity contribution in [3.05, 3.63) is 122 Å². The highest BCUT2D eigenvalue weighted by Crippen LogP contribution is 2.49. The average Bonchev–Trinajstić information content (AvgIpc) is 2.94. The Bertz CT molecular complexity index is 1660. The van der Waals surface area contributed by atoms with Gasteiger partial charge in [-0.25, -0.2) is 0 Å². The summed E-state index contributed by atoms with van der Waals surface area (Å²) in [5.74, 6) is 0.481. The van der Waals surface area contributed by atoms with Gasteiger partial charge >= 0.3 is 6.18 Å². The summed E-state index contributed by atoms with van der Waals surface area (Å²) < 4.78 is 42.6. The number of Topliss-reactive ketones (excluding diaryl/α,β-unsaturated/α-hetero) is 1. The average molecular weight is 608 g/mol. The largest absolute Gasteiger partial charge is 0.418 e. The molecule has 3 aromatic rings. The molecule has 1 unspecified atom stereocenters. The molecule has 3 aromatic carbocycles. The van der Waals surface area contributed by atoms with Crippen LogP contribution in [0.3, 0.4) is 0 Å². The van der Waals surface area contributed by atoms with Crippen molar-refractivity contribution in [2.24, 2.45) is 5.73 Å². The van der Waals surface area contributed by atoms with Gasteiger partial charge < -0.3 is 5.73 Å². The lowest BCUT2D eigenvalue weighted by atomic mass is 9.74. The van der Waals surface area contributed by atoms with Gasteiger partial charge in [0.15, 0.2) is 5.78 Å². The second-order valence-corrected chi connectivity index (χ2v) is 12.0. The highest BCUT2D eigenvalue weighted by atomic mass is 35.5.